The van der Waals surface area contributed by atoms with Gasteiger partial charge in [0.25, 0.3) is 5.91 Å². The van der Waals surface area contributed by atoms with Gasteiger partial charge < -0.3 is 15.7 Å². The van der Waals surface area contributed by atoms with Crippen LogP contribution in [0.1, 0.15) is 15.9 Å². The van der Waals surface area contributed by atoms with Gasteiger partial charge >= 0.3 is 6.18 Å². The quantitative estimate of drug-likeness (QED) is 0.731. The van der Waals surface area contributed by atoms with Crippen LogP contribution in [0.5, 0.6) is 0 Å². The first-order chi connectivity index (χ1) is 9.79. The van der Waals surface area contributed by atoms with Gasteiger partial charge in [-0.05, 0) is 18.2 Å². The molecule has 4 nitrogen and oxygen atoms in total. The van der Waals surface area contributed by atoms with E-state index in [4.69, 9.17) is 0 Å². The number of halogens is 5. The minimum atomic E-state index is -4.64. The molecule has 0 aromatic heterocycles. The molecule has 1 aliphatic rings. The number of amides is 1. The Morgan fingerprint density at radius 2 is 2.05 bits per heavy atom. The predicted octanol–water partition coefficient (Wildman–Crippen LogP) is 1.58. The molecule has 124 valence electrons. The van der Waals surface area contributed by atoms with Crippen LogP contribution >= 0.6 is 12.4 Å². The highest BCUT2D eigenvalue weighted by atomic mass is 35.5. The van der Waals surface area contributed by atoms with Crippen LogP contribution in [-0.2, 0) is 6.18 Å². The van der Waals surface area contributed by atoms with E-state index in [-0.39, 0.29) is 24.9 Å². The fraction of sp³-hybridized carbons (Fsp3) is 0.462. The molecule has 0 aliphatic carbocycles. The summed E-state index contributed by atoms with van der Waals surface area (Å²) in [6.07, 6.45) is -5.29. The molecule has 1 aromatic carbocycles. The Hall–Kier alpha value is -1.38. The van der Waals surface area contributed by atoms with Gasteiger partial charge in [0.2, 0.25) is 0 Å². The molecule has 22 heavy (non-hydrogen) atoms. The van der Waals surface area contributed by atoms with E-state index in [2.05, 4.69) is 10.6 Å². The second-order valence-corrected chi connectivity index (χ2v) is 4.89. The van der Waals surface area contributed by atoms with Gasteiger partial charge in [-0.25, -0.2) is 4.39 Å². The van der Waals surface area contributed by atoms with Gasteiger partial charge in [0.1, 0.15) is 5.82 Å². The summed E-state index contributed by atoms with van der Waals surface area (Å²) in [5.74, 6) is -2.20. The molecule has 0 saturated carbocycles. The van der Waals surface area contributed by atoms with E-state index in [1.54, 1.807) is 0 Å². The number of alkyl halides is 3. The topological polar surface area (TPSA) is 61.4 Å². The van der Waals surface area contributed by atoms with E-state index in [0.29, 0.717) is 31.3 Å². The van der Waals surface area contributed by atoms with Crippen molar-refractivity contribution in [3.8, 4) is 0 Å². The van der Waals surface area contributed by atoms with Crippen LogP contribution < -0.4 is 10.6 Å². The highest BCUT2D eigenvalue weighted by Gasteiger charge is 2.32. The number of hydrogen-bond donors (Lipinski definition) is 3. The van der Waals surface area contributed by atoms with E-state index in [9.17, 15) is 27.5 Å². The molecular weight excluding hydrogens is 328 g/mol. The van der Waals surface area contributed by atoms with Crippen molar-refractivity contribution in [1.82, 2.24) is 10.6 Å². The Kier molecular flexibility index (Phi) is 6.16. The number of carbonyl (C=O) groups excluding carboxylic acids is 1. The molecule has 2 unspecified atom stereocenters. The Balaban J connectivity index is 0.00000242. The van der Waals surface area contributed by atoms with Gasteiger partial charge in [-0.2, -0.15) is 13.2 Å². The zero-order valence-corrected chi connectivity index (χ0v) is 12.1. The first-order valence-electron chi connectivity index (χ1n) is 6.33. The monoisotopic (exact) mass is 342 g/mol. The summed E-state index contributed by atoms with van der Waals surface area (Å²) in [5, 5.41) is 14.8. The fourth-order valence-corrected chi connectivity index (χ4v) is 2.12. The third kappa shape index (κ3) is 4.31. The molecule has 2 rings (SSSR count). The van der Waals surface area contributed by atoms with Crippen LogP contribution in [0.4, 0.5) is 17.6 Å². The van der Waals surface area contributed by atoms with Crippen LogP contribution in [0.25, 0.3) is 0 Å². The third-order valence-electron chi connectivity index (χ3n) is 3.37. The van der Waals surface area contributed by atoms with E-state index in [0.717, 1.165) is 0 Å². The zero-order valence-electron chi connectivity index (χ0n) is 11.3. The molecule has 0 spiro atoms. The van der Waals surface area contributed by atoms with Crippen molar-refractivity contribution in [2.45, 2.75) is 12.3 Å². The predicted molar refractivity (Wildman–Crippen MR) is 73.3 cm³/mol. The lowest BCUT2D eigenvalue weighted by atomic mass is 10.1. The van der Waals surface area contributed by atoms with Gasteiger partial charge in [0, 0.05) is 25.6 Å². The van der Waals surface area contributed by atoms with Crippen molar-refractivity contribution in [2.75, 3.05) is 19.6 Å². The van der Waals surface area contributed by atoms with Crippen molar-refractivity contribution >= 4 is 18.3 Å². The van der Waals surface area contributed by atoms with Gasteiger partial charge in [0.05, 0.1) is 17.2 Å². The number of β-amino-alcohol motifs (C(OH)–C–C–N with tert-alkyl or cyclic N) is 1. The molecule has 1 fully saturated rings. The molecule has 1 saturated heterocycles. The van der Waals surface area contributed by atoms with Crippen molar-refractivity contribution in [1.29, 1.82) is 0 Å². The number of benzene rings is 1. The molecule has 1 aliphatic heterocycles. The smallest absolute Gasteiger partial charge is 0.391 e. The van der Waals surface area contributed by atoms with Gasteiger partial charge in [-0.3, -0.25) is 4.79 Å². The number of aliphatic hydroxyl groups excluding tert-OH is 1. The van der Waals surface area contributed by atoms with E-state index in [1.807, 2.05) is 0 Å². The summed E-state index contributed by atoms with van der Waals surface area (Å²) in [6.45, 7) is 0.924. The fourth-order valence-electron chi connectivity index (χ4n) is 2.12. The largest absolute Gasteiger partial charge is 0.416 e. The number of rotatable bonds is 3. The maximum atomic E-state index is 13.5. The maximum Gasteiger partial charge on any atom is 0.416 e. The molecule has 2 atom stereocenters. The molecule has 0 bridgehead atoms. The van der Waals surface area contributed by atoms with E-state index >= 15 is 0 Å². The lowest BCUT2D eigenvalue weighted by Crippen LogP contribution is -2.34. The molecule has 9 heteroatoms. The van der Waals surface area contributed by atoms with E-state index in [1.165, 1.54) is 0 Å². The van der Waals surface area contributed by atoms with Gasteiger partial charge in [0.15, 0.2) is 0 Å². The summed E-state index contributed by atoms with van der Waals surface area (Å²) in [4.78, 5) is 11.8. The summed E-state index contributed by atoms with van der Waals surface area (Å²) in [6, 6.07) is 1.68. The van der Waals surface area contributed by atoms with Crippen molar-refractivity contribution in [3.63, 3.8) is 0 Å². The van der Waals surface area contributed by atoms with Crippen LogP contribution in [0.3, 0.4) is 0 Å². The summed E-state index contributed by atoms with van der Waals surface area (Å²) >= 11 is 0. The molecule has 3 N–H and O–H groups in total. The maximum absolute atomic E-state index is 13.5. The lowest BCUT2D eigenvalue weighted by Gasteiger charge is -2.15. The number of carbonyl (C=O) groups is 1. The van der Waals surface area contributed by atoms with Gasteiger partial charge in [-0.1, -0.05) is 0 Å². The Morgan fingerprint density at radius 3 is 2.59 bits per heavy atom. The second kappa shape index (κ2) is 7.26. The van der Waals surface area contributed by atoms with Crippen molar-refractivity contribution < 1.29 is 27.5 Å². The third-order valence-corrected chi connectivity index (χ3v) is 3.37. The molecular formula is C13H15ClF4N2O2. The average Bonchev–Trinajstić information content (AvgIpc) is 2.80. The minimum Gasteiger partial charge on any atom is -0.391 e. The highest BCUT2D eigenvalue weighted by Crippen LogP contribution is 2.30. The average molecular weight is 343 g/mol. The number of nitrogens with one attached hydrogen (secondary N) is 2. The normalized spacial score (nSPS) is 21.3. The number of hydrogen-bond acceptors (Lipinski definition) is 3. The SMILES string of the molecule is Cl.O=C(NCC1CNCC1O)c1cc(C(F)(F)F)ccc1F. The summed E-state index contributed by atoms with van der Waals surface area (Å²) in [7, 11) is 0. The van der Waals surface area contributed by atoms with Crippen LogP contribution in [0.15, 0.2) is 18.2 Å². The molecule has 1 amide bonds. The standard InChI is InChI=1S/C13H14F4N2O2.ClH/c14-10-2-1-8(13(15,16)17)3-9(10)12(21)19-5-7-4-18-6-11(7)20;/h1-3,7,11,18,20H,4-6H2,(H,19,21);1H. The molecule has 1 heterocycles. The second-order valence-electron chi connectivity index (χ2n) is 4.89. The number of aliphatic hydroxyl groups is 1. The first kappa shape index (κ1) is 18.7. The zero-order chi connectivity index (χ0) is 15.6. The summed E-state index contributed by atoms with van der Waals surface area (Å²) in [5.41, 5.74) is -1.75. The summed E-state index contributed by atoms with van der Waals surface area (Å²) < 4.78 is 51.1. The van der Waals surface area contributed by atoms with Crippen LogP contribution in [0.2, 0.25) is 0 Å². The minimum absolute atomic E-state index is 0. The van der Waals surface area contributed by atoms with Crippen LogP contribution in [-0.4, -0.2) is 36.8 Å². The van der Waals surface area contributed by atoms with Gasteiger partial charge in [-0.15, -0.1) is 12.4 Å². The van der Waals surface area contributed by atoms with Crippen molar-refractivity contribution in [2.24, 2.45) is 5.92 Å². The lowest BCUT2D eigenvalue weighted by molar-refractivity contribution is -0.137. The van der Waals surface area contributed by atoms with E-state index < -0.39 is 35.1 Å². The Bertz CT molecular complexity index is 539. The first-order valence-corrected chi connectivity index (χ1v) is 6.33. The highest BCUT2D eigenvalue weighted by molar-refractivity contribution is 5.94. The van der Waals surface area contributed by atoms with Crippen LogP contribution in [0, 0.1) is 11.7 Å². The molecule has 0 radical (unpaired) electrons. The Morgan fingerprint density at radius 1 is 1.36 bits per heavy atom. The molecule has 1 aromatic rings. The van der Waals surface area contributed by atoms with Crippen molar-refractivity contribution in [3.05, 3.63) is 35.1 Å². The Labute approximate surface area is 130 Å².